The van der Waals surface area contributed by atoms with Gasteiger partial charge in [0.05, 0.1) is 13.7 Å². The molecule has 1 rings (SSSR count). The number of benzene rings is 1. The molecule has 0 aromatic heterocycles. The van der Waals surface area contributed by atoms with E-state index in [1.165, 1.54) is 0 Å². The van der Waals surface area contributed by atoms with Crippen molar-refractivity contribution in [2.24, 2.45) is 0 Å². The quantitative estimate of drug-likeness (QED) is 0.646. The summed E-state index contributed by atoms with van der Waals surface area (Å²) in [6, 6.07) is 7.86. The Kier molecular flexibility index (Phi) is 4.33. The van der Waals surface area contributed by atoms with Gasteiger partial charge in [-0.2, -0.15) is 0 Å². The van der Waals surface area contributed by atoms with Crippen LogP contribution in [0.3, 0.4) is 0 Å². The molecule has 0 aliphatic rings. The van der Waals surface area contributed by atoms with Gasteiger partial charge in [-0.15, -0.1) is 0 Å². The summed E-state index contributed by atoms with van der Waals surface area (Å²) in [7, 11) is 1.67. The first-order chi connectivity index (χ1) is 6.38. The van der Waals surface area contributed by atoms with Crippen molar-refractivity contribution in [1.82, 2.24) is 0 Å². The van der Waals surface area contributed by atoms with Crippen molar-refractivity contribution >= 4 is 0 Å². The first-order valence-electron chi connectivity index (χ1n) is 4.37. The summed E-state index contributed by atoms with van der Waals surface area (Å²) in [4.78, 5) is 0. The molecule has 0 bridgehead atoms. The minimum atomic E-state index is 0.597. The second kappa shape index (κ2) is 5.60. The van der Waals surface area contributed by atoms with Crippen LogP contribution in [0, 0.1) is 6.92 Å². The third kappa shape index (κ3) is 3.07. The van der Waals surface area contributed by atoms with Crippen LogP contribution in [0.1, 0.15) is 12.0 Å². The number of ether oxygens (including phenoxy) is 2. The summed E-state index contributed by atoms with van der Waals surface area (Å²) < 4.78 is 10.5. The maximum Gasteiger partial charge on any atom is 0.124 e. The minimum absolute atomic E-state index is 0.597. The molecular weight excluding hydrogens is 164 g/mol. The summed E-state index contributed by atoms with van der Waals surface area (Å²) in [5.41, 5.74) is 1.08. The first kappa shape index (κ1) is 10.1. The van der Waals surface area contributed by atoms with Gasteiger partial charge in [-0.05, 0) is 12.5 Å². The van der Waals surface area contributed by atoms with Crippen LogP contribution in [-0.4, -0.2) is 13.7 Å². The van der Waals surface area contributed by atoms with Gasteiger partial charge in [0.1, 0.15) is 5.75 Å². The van der Waals surface area contributed by atoms with E-state index in [4.69, 9.17) is 9.47 Å². The van der Waals surface area contributed by atoms with E-state index >= 15 is 0 Å². The lowest BCUT2D eigenvalue weighted by Gasteiger charge is -2.07. The van der Waals surface area contributed by atoms with Gasteiger partial charge in [0, 0.05) is 12.2 Å². The van der Waals surface area contributed by atoms with Crippen molar-refractivity contribution < 1.29 is 9.47 Å². The topological polar surface area (TPSA) is 18.5 Å². The van der Waals surface area contributed by atoms with E-state index < -0.39 is 0 Å². The standard InChI is InChI=1S/C11H15O2/c1-3-8-13-9-10-6-4-5-7-11(10)12-2/h4-7H,1,3,8-9H2,2H3. The third-order valence-corrected chi connectivity index (χ3v) is 1.74. The van der Waals surface area contributed by atoms with Gasteiger partial charge in [-0.3, -0.25) is 0 Å². The van der Waals surface area contributed by atoms with Crippen molar-refractivity contribution in [2.75, 3.05) is 13.7 Å². The SMILES string of the molecule is [CH2]CCOCc1ccccc1OC. The second-order valence-corrected chi connectivity index (χ2v) is 2.72. The lowest BCUT2D eigenvalue weighted by atomic mass is 10.2. The molecule has 0 fully saturated rings. The monoisotopic (exact) mass is 179 g/mol. The molecule has 1 aromatic rings. The van der Waals surface area contributed by atoms with Crippen LogP contribution in [-0.2, 0) is 11.3 Å². The maximum absolute atomic E-state index is 5.37. The van der Waals surface area contributed by atoms with E-state index in [2.05, 4.69) is 6.92 Å². The fourth-order valence-corrected chi connectivity index (χ4v) is 1.11. The van der Waals surface area contributed by atoms with Crippen LogP contribution in [0.2, 0.25) is 0 Å². The Morgan fingerprint density at radius 1 is 1.31 bits per heavy atom. The third-order valence-electron chi connectivity index (χ3n) is 1.74. The largest absolute Gasteiger partial charge is 0.496 e. The maximum atomic E-state index is 5.37. The van der Waals surface area contributed by atoms with Crippen LogP contribution in [0.15, 0.2) is 24.3 Å². The van der Waals surface area contributed by atoms with Crippen LogP contribution in [0.5, 0.6) is 5.75 Å². The zero-order chi connectivity index (χ0) is 9.52. The Bertz CT molecular complexity index is 246. The first-order valence-corrected chi connectivity index (χ1v) is 4.37. The summed E-state index contributed by atoms with van der Waals surface area (Å²) in [6.45, 7) is 4.99. The van der Waals surface area contributed by atoms with Crippen molar-refractivity contribution in [3.05, 3.63) is 36.8 Å². The number of methoxy groups -OCH3 is 1. The molecule has 1 radical (unpaired) electrons. The molecule has 0 spiro atoms. The fourth-order valence-electron chi connectivity index (χ4n) is 1.11. The highest BCUT2D eigenvalue weighted by atomic mass is 16.5. The smallest absolute Gasteiger partial charge is 0.124 e. The minimum Gasteiger partial charge on any atom is -0.496 e. The van der Waals surface area contributed by atoms with E-state index in [1.807, 2.05) is 24.3 Å². The number of rotatable bonds is 5. The summed E-state index contributed by atoms with van der Waals surface area (Å²) >= 11 is 0. The Hall–Kier alpha value is -1.02. The Morgan fingerprint density at radius 3 is 2.77 bits per heavy atom. The molecule has 0 saturated carbocycles. The lowest BCUT2D eigenvalue weighted by molar-refractivity contribution is 0.123. The molecule has 2 nitrogen and oxygen atoms in total. The molecule has 1 aromatic carbocycles. The Labute approximate surface area is 79.5 Å². The van der Waals surface area contributed by atoms with Gasteiger partial charge in [0.25, 0.3) is 0 Å². The van der Waals surface area contributed by atoms with E-state index in [9.17, 15) is 0 Å². The highest BCUT2D eigenvalue weighted by Crippen LogP contribution is 2.17. The van der Waals surface area contributed by atoms with Gasteiger partial charge in [0.15, 0.2) is 0 Å². The molecule has 71 valence electrons. The predicted octanol–water partition coefficient (Wildman–Crippen LogP) is 2.44. The molecule has 0 unspecified atom stereocenters. The molecule has 2 heteroatoms. The van der Waals surface area contributed by atoms with Crippen LogP contribution in [0.25, 0.3) is 0 Å². The zero-order valence-corrected chi connectivity index (χ0v) is 7.95. The van der Waals surface area contributed by atoms with E-state index in [0.29, 0.717) is 13.2 Å². The van der Waals surface area contributed by atoms with Crippen molar-refractivity contribution in [2.45, 2.75) is 13.0 Å². The van der Waals surface area contributed by atoms with Crippen molar-refractivity contribution in [1.29, 1.82) is 0 Å². The molecule has 0 saturated heterocycles. The van der Waals surface area contributed by atoms with Crippen LogP contribution in [0.4, 0.5) is 0 Å². The number of hydrogen-bond donors (Lipinski definition) is 0. The van der Waals surface area contributed by atoms with Crippen LogP contribution < -0.4 is 4.74 Å². The van der Waals surface area contributed by atoms with Gasteiger partial charge >= 0.3 is 0 Å². The average molecular weight is 179 g/mol. The van der Waals surface area contributed by atoms with Gasteiger partial charge < -0.3 is 9.47 Å². The average Bonchev–Trinajstić information content (AvgIpc) is 2.19. The molecule has 13 heavy (non-hydrogen) atoms. The molecular formula is C11H15O2. The summed E-state index contributed by atoms with van der Waals surface area (Å²) in [5.74, 6) is 0.881. The second-order valence-electron chi connectivity index (χ2n) is 2.72. The van der Waals surface area contributed by atoms with Crippen LogP contribution >= 0.6 is 0 Å². The molecule has 0 atom stereocenters. The number of hydrogen-bond acceptors (Lipinski definition) is 2. The molecule has 0 aliphatic carbocycles. The normalized spacial score (nSPS) is 10.0. The lowest BCUT2D eigenvalue weighted by Crippen LogP contribution is -1.96. The molecule has 0 N–H and O–H groups in total. The van der Waals surface area contributed by atoms with Gasteiger partial charge in [-0.25, -0.2) is 0 Å². The Morgan fingerprint density at radius 2 is 2.08 bits per heavy atom. The fraction of sp³-hybridized carbons (Fsp3) is 0.364. The Balaban J connectivity index is 2.54. The molecule has 0 amide bonds. The number of para-hydroxylation sites is 1. The predicted molar refractivity (Wildman–Crippen MR) is 52.6 cm³/mol. The molecule has 0 aliphatic heterocycles. The van der Waals surface area contributed by atoms with Gasteiger partial charge in [-0.1, -0.05) is 25.1 Å². The van der Waals surface area contributed by atoms with E-state index in [1.54, 1.807) is 7.11 Å². The van der Waals surface area contributed by atoms with Gasteiger partial charge in [0.2, 0.25) is 0 Å². The van der Waals surface area contributed by atoms with E-state index in [0.717, 1.165) is 17.7 Å². The van der Waals surface area contributed by atoms with Crippen molar-refractivity contribution in [3.8, 4) is 5.75 Å². The zero-order valence-electron chi connectivity index (χ0n) is 7.95. The van der Waals surface area contributed by atoms with Crippen molar-refractivity contribution in [3.63, 3.8) is 0 Å². The molecule has 0 heterocycles. The highest BCUT2D eigenvalue weighted by molar-refractivity contribution is 5.32. The van der Waals surface area contributed by atoms with E-state index in [-0.39, 0.29) is 0 Å². The summed E-state index contributed by atoms with van der Waals surface area (Å²) in [5, 5.41) is 0. The highest BCUT2D eigenvalue weighted by Gasteiger charge is 1.99. The summed E-state index contributed by atoms with van der Waals surface area (Å²) in [6.07, 6.45) is 0.801.